The van der Waals surface area contributed by atoms with Crippen LogP contribution in [-0.2, 0) is 5.41 Å². The van der Waals surface area contributed by atoms with Crippen LogP contribution in [0.2, 0.25) is 0 Å². The summed E-state index contributed by atoms with van der Waals surface area (Å²) in [5.74, 6) is 1.90. The third kappa shape index (κ3) is 6.76. The molecule has 0 atom stereocenters. The minimum Gasteiger partial charge on any atom is -0.208 e. The molecule has 0 spiro atoms. The Morgan fingerprint density at radius 2 is 0.797 bits per heavy atom. The van der Waals surface area contributed by atoms with Gasteiger partial charge in [-0.2, -0.15) is 0 Å². The second kappa shape index (κ2) is 16.5. The van der Waals surface area contributed by atoms with Crippen molar-refractivity contribution in [2.75, 3.05) is 0 Å². The van der Waals surface area contributed by atoms with Crippen molar-refractivity contribution in [1.29, 1.82) is 0 Å². The molecule has 346 valence electrons. The smallest absolute Gasteiger partial charge is 0.164 e. The van der Waals surface area contributed by atoms with Crippen molar-refractivity contribution in [2.45, 2.75) is 19.3 Å². The summed E-state index contributed by atoms with van der Waals surface area (Å²) in [7, 11) is 0. The summed E-state index contributed by atoms with van der Waals surface area (Å²) in [5.41, 5.74) is 15.0. The molecule has 12 aromatic carbocycles. The number of aromatic nitrogens is 3. The van der Waals surface area contributed by atoms with E-state index in [0.29, 0.717) is 17.5 Å². The van der Waals surface area contributed by atoms with Crippen LogP contribution in [-0.4, -0.2) is 15.0 Å². The van der Waals surface area contributed by atoms with Gasteiger partial charge >= 0.3 is 0 Å². The summed E-state index contributed by atoms with van der Waals surface area (Å²) in [6, 6.07) is 86.3. The molecule has 0 saturated carbocycles. The monoisotopic (exact) mass is 959 g/mol. The minimum absolute atomic E-state index is 0.105. The fourth-order valence-electron chi connectivity index (χ4n) is 11.9. The van der Waals surface area contributed by atoms with E-state index in [1.807, 2.05) is 11.3 Å². The molecule has 14 aromatic rings. The van der Waals surface area contributed by atoms with Crippen molar-refractivity contribution in [2.24, 2.45) is 0 Å². The van der Waals surface area contributed by atoms with Crippen molar-refractivity contribution >= 4 is 74.6 Å². The summed E-state index contributed by atoms with van der Waals surface area (Å²) in [4.78, 5) is 16.3. The maximum absolute atomic E-state index is 5.44. The highest BCUT2D eigenvalue weighted by atomic mass is 32.1. The molecule has 1 aliphatic carbocycles. The van der Waals surface area contributed by atoms with Crippen LogP contribution in [0.1, 0.15) is 25.0 Å². The van der Waals surface area contributed by atoms with E-state index in [-0.39, 0.29) is 5.41 Å². The summed E-state index contributed by atoms with van der Waals surface area (Å²) in [6.45, 7) is 4.68. The van der Waals surface area contributed by atoms with E-state index in [2.05, 4.69) is 250 Å². The van der Waals surface area contributed by atoms with Gasteiger partial charge in [0.25, 0.3) is 0 Å². The quantitative estimate of drug-likeness (QED) is 0.156. The molecular formula is C70H45N3S. The van der Waals surface area contributed by atoms with Crippen molar-refractivity contribution < 1.29 is 0 Å². The van der Waals surface area contributed by atoms with Crippen molar-refractivity contribution in [3.63, 3.8) is 0 Å². The standard InChI is InChI=1S/C70H45N3S/c1-70(2)63-26-9-7-22-55(63)56-35-34-48(40-64(56)70)46-17-12-19-51(37-46)68-71-67(72-69(73-68)62-41-61-57-23-8-10-27-65(57)74-66(61)58-24-6-5-21-54(58)62)50-18-11-16-45(36-50)47-32-30-43-15-13-25-53(59(43)38-47)49-33-31-44-29-28-42-14-3-4-20-52(42)60(44)39-49/h3-41H,1-2H3. The van der Waals surface area contributed by atoms with E-state index >= 15 is 0 Å². The van der Waals surface area contributed by atoms with Crippen LogP contribution in [0.3, 0.4) is 0 Å². The zero-order valence-corrected chi connectivity index (χ0v) is 41.6. The van der Waals surface area contributed by atoms with E-state index in [9.17, 15) is 0 Å². The molecule has 0 bridgehead atoms. The number of benzene rings is 12. The highest BCUT2D eigenvalue weighted by molar-refractivity contribution is 7.26. The molecule has 0 aliphatic heterocycles. The Morgan fingerprint density at radius 1 is 0.284 bits per heavy atom. The van der Waals surface area contributed by atoms with Gasteiger partial charge in [-0.05, 0) is 136 Å². The first-order valence-corrected chi connectivity index (χ1v) is 26.2. The lowest BCUT2D eigenvalue weighted by molar-refractivity contribution is 0.660. The zero-order valence-electron chi connectivity index (χ0n) is 40.8. The molecule has 2 aromatic heterocycles. The Balaban J connectivity index is 0.883. The SMILES string of the molecule is CC1(C)c2ccccc2-c2ccc(-c3cccc(-c4nc(-c5cccc(-c6ccc7cccc(-c8ccc9ccc%10ccccc%10c9c8)c7c6)c5)nc(-c5cc6c7ccccc7sc6c6ccccc56)n4)c3)cc21. The maximum atomic E-state index is 5.44. The van der Waals surface area contributed by atoms with Gasteiger partial charge in [-0.15, -0.1) is 11.3 Å². The van der Waals surface area contributed by atoms with Gasteiger partial charge in [-0.1, -0.05) is 208 Å². The van der Waals surface area contributed by atoms with Crippen molar-refractivity contribution in [3.05, 3.63) is 248 Å². The molecule has 15 rings (SSSR count). The molecule has 0 saturated heterocycles. The summed E-state index contributed by atoms with van der Waals surface area (Å²) < 4.78 is 2.54. The fraction of sp³-hybridized carbons (Fsp3) is 0.0429. The normalized spacial score (nSPS) is 12.8. The molecule has 0 unspecified atom stereocenters. The van der Waals surface area contributed by atoms with E-state index in [1.54, 1.807) is 0 Å². The van der Waals surface area contributed by atoms with Gasteiger partial charge in [0.2, 0.25) is 0 Å². The van der Waals surface area contributed by atoms with Crippen LogP contribution in [0.25, 0.3) is 142 Å². The lowest BCUT2D eigenvalue weighted by Gasteiger charge is -2.22. The van der Waals surface area contributed by atoms with Gasteiger partial charge in [0.15, 0.2) is 17.5 Å². The molecule has 2 heterocycles. The molecule has 3 nitrogen and oxygen atoms in total. The van der Waals surface area contributed by atoms with Crippen molar-refractivity contribution in [3.8, 4) is 78.7 Å². The van der Waals surface area contributed by atoms with Crippen LogP contribution >= 0.6 is 11.3 Å². The first-order chi connectivity index (χ1) is 36.4. The second-order valence-electron chi connectivity index (χ2n) is 20.3. The lowest BCUT2D eigenvalue weighted by Crippen LogP contribution is -2.14. The predicted octanol–water partition coefficient (Wildman–Crippen LogP) is 19.2. The molecule has 1 aliphatic rings. The summed E-state index contributed by atoms with van der Waals surface area (Å²) in [6.07, 6.45) is 0. The van der Waals surface area contributed by atoms with Crippen LogP contribution in [0.5, 0.6) is 0 Å². The van der Waals surface area contributed by atoms with Gasteiger partial charge in [0.05, 0.1) is 0 Å². The number of fused-ring (bicyclic) bond motifs is 12. The highest BCUT2D eigenvalue weighted by Crippen LogP contribution is 2.50. The van der Waals surface area contributed by atoms with E-state index in [0.717, 1.165) is 38.8 Å². The van der Waals surface area contributed by atoms with E-state index < -0.39 is 0 Å². The number of thiophene rings is 1. The molecular weight excluding hydrogens is 915 g/mol. The van der Waals surface area contributed by atoms with E-state index in [4.69, 9.17) is 15.0 Å². The third-order valence-electron chi connectivity index (χ3n) is 15.7. The first-order valence-electron chi connectivity index (χ1n) is 25.4. The second-order valence-corrected chi connectivity index (χ2v) is 21.4. The lowest BCUT2D eigenvalue weighted by atomic mass is 9.81. The number of rotatable bonds is 6. The van der Waals surface area contributed by atoms with Crippen LogP contribution in [0.15, 0.2) is 237 Å². The topological polar surface area (TPSA) is 38.7 Å². The highest BCUT2D eigenvalue weighted by Gasteiger charge is 2.35. The van der Waals surface area contributed by atoms with Crippen molar-refractivity contribution in [1.82, 2.24) is 15.0 Å². The van der Waals surface area contributed by atoms with Gasteiger partial charge < -0.3 is 0 Å². The Bertz CT molecular complexity index is 4660. The average Bonchev–Trinajstić information content (AvgIpc) is 3.99. The van der Waals surface area contributed by atoms with Crippen LogP contribution < -0.4 is 0 Å². The maximum Gasteiger partial charge on any atom is 0.164 e. The third-order valence-corrected chi connectivity index (χ3v) is 16.9. The van der Waals surface area contributed by atoms with Gasteiger partial charge in [0.1, 0.15) is 0 Å². The molecule has 74 heavy (non-hydrogen) atoms. The summed E-state index contributed by atoms with van der Waals surface area (Å²) in [5, 5.41) is 12.2. The molecule has 4 heteroatoms. The zero-order chi connectivity index (χ0) is 49.1. The number of nitrogens with zero attached hydrogens (tertiary/aromatic N) is 3. The van der Waals surface area contributed by atoms with E-state index in [1.165, 1.54) is 96.8 Å². The Morgan fingerprint density at radius 3 is 1.59 bits per heavy atom. The van der Waals surface area contributed by atoms with Gasteiger partial charge in [-0.3, -0.25) is 0 Å². The molecule has 0 amide bonds. The fourth-order valence-corrected chi connectivity index (χ4v) is 13.1. The Labute approximate surface area is 432 Å². The Hall–Kier alpha value is -9.09. The number of hydrogen-bond donors (Lipinski definition) is 0. The number of hydrogen-bond acceptors (Lipinski definition) is 4. The summed E-state index contributed by atoms with van der Waals surface area (Å²) >= 11 is 1.85. The van der Waals surface area contributed by atoms with Gasteiger partial charge in [-0.25, -0.2) is 15.0 Å². The molecule has 0 N–H and O–H groups in total. The largest absolute Gasteiger partial charge is 0.208 e. The molecule has 0 fully saturated rings. The Kier molecular flexibility index (Phi) is 9.48. The van der Waals surface area contributed by atoms with Crippen LogP contribution in [0, 0.1) is 0 Å². The van der Waals surface area contributed by atoms with Crippen LogP contribution in [0.4, 0.5) is 0 Å². The average molecular weight is 960 g/mol. The minimum atomic E-state index is -0.105. The first kappa shape index (κ1) is 42.6. The molecule has 0 radical (unpaired) electrons. The predicted molar refractivity (Wildman–Crippen MR) is 313 cm³/mol. The van der Waals surface area contributed by atoms with Gasteiger partial charge in [0, 0.05) is 47.7 Å².